The first-order valence-corrected chi connectivity index (χ1v) is 8.48. The third-order valence-corrected chi connectivity index (χ3v) is 4.45. The molecule has 1 heterocycles. The van der Waals surface area contributed by atoms with Gasteiger partial charge >= 0.3 is 0 Å². The Morgan fingerprint density at radius 1 is 1.21 bits per heavy atom. The summed E-state index contributed by atoms with van der Waals surface area (Å²) in [6.07, 6.45) is 1.37. The maximum atomic E-state index is 13.1. The molecule has 0 saturated carbocycles. The van der Waals surface area contributed by atoms with E-state index in [4.69, 9.17) is 5.73 Å². The van der Waals surface area contributed by atoms with Gasteiger partial charge in [-0.25, -0.2) is 4.39 Å². The highest BCUT2D eigenvalue weighted by Gasteiger charge is 2.15. The molecule has 144 valence electrons. The monoisotopic (exact) mass is 383 g/mol. The number of anilines is 1. The van der Waals surface area contributed by atoms with Gasteiger partial charge in [0.2, 0.25) is 11.8 Å². The van der Waals surface area contributed by atoms with Crippen LogP contribution in [0.5, 0.6) is 5.75 Å². The zero-order valence-electron chi connectivity index (χ0n) is 15.0. The van der Waals surface area contributed by atoms with Crippen LogP contribution in [0.4, 0.5) is 10.1 Å². The van der Waals surface area contributed by atoms with Crippen LogP contribution < -0.4 is 16.6 Å². The number of nitrogens with one attached hydrogen (secondary N) is 1. The molecular formula is C20H18FN3O4. The number of halogens is 1. The second-order valence-electron chi connectivity index (χ2n) is 6.38. The number of hydrogen-bond donors (Lipinski definition) is 3. The van der Waals surface area contributed by atoms with Crippen LogP contribution in [-0.4, -0.2) is 21.5 Å². The number of phenols is 1. The molecule has 4 N–H and O–H groups in total. The maximum absolute atomic E-state index is 13.1. The second-order valence-corrected chi connectivity index (χ2v) is 6.38. The molecule has 1 aromatic heterocycles. The SMILES string of the molecule is CC(C(N)=O)n1ccc2c(NC(=O)Cc3ccc(F)c(O)c3)cccc2c1=O. The predicted octanol–water partition coefficient (Wildman–Crippen LogP) is 2.07. The molecule has 8 heteroatoms. The minimum absolute atomic E-state index is 0.0833. The van der Waals surface area contributed by atoms with Crippen molar-refractivity contribution in [1.29, 1.82) is 0 Å². The van der Waals surface area contributed by atoms with Crippen LogP contribution in [0.15, 0.2) is 53.5 Å². The van der Waals surface area contributed by atoms with Crippen LogP contribution in [0, 0.1) is 5.82 Å². The summed E-state index contributed by atoms with van der Waals surface area (Å²) in [4.78, 5) is 36.4. The molecule has 0 aliphatic carbocycles. The minimum Gasteiger partial charge on any atom is -0.505 e. The number of aromatic hydroxyl groups is 1. The summed E-state index contributed by atoms with van der Waals surface area (Å²) in [5.41, 5.74) is 5.73. The number of nitrogens with zero attached hydrogens (tertiary/aromatic N) is 1. The molecule has 0 radical (unpaired) electrons. The summed E-state index contributed by atoms with van der Waals surface area (Å²) in [6, 6.07) is 9.33. The summed E-state index contributed by atoms with van der Waals surface area (Å²) in [5, 5.41) is 13.0. The molecule has 28 heavy (non-hydrogen) atoms. The van der Waals surface area contributed by atoms with E-state index in [0.29, 0.717) is 22.0 Å². The highest BCUT2D eigenvalue weighted by atomic mass is 19.1. The Morgan fingerprint density at radius 3 is 2.64 bits per heavy atom. The molecular weight excluding hydrogens is 365 g/mol. The molecule has 3 aromatic rings. The number of hydrogen-bond acceptors (Lipinski definition) is 4. The van der Waals surface area contributed by atoms with E-state index in [1.807, 2.05) is 0 Å². The van der Waals surface area contributed by atoms with Gasteiger partial charge in [-0.1, -0.05) is 12.1 Å². The van der Waals surface area contributed by atoms with Gasteiger partial charge in [0.1, 0.15) is 6.04 Å². The fourth-order valence-corrected chi connectivity index (χ4v) is 2.89. The number of primary amides is 1. The molecule has 2 aromatic carbocycles. The molecule has 0 spiro atoms. The van der Waals surface area contributed by atoms with Gasteiger partial charge in [0.25, 0.3) is 5.56 Å². The number of fused-ring (bicyclic) bond motifs is 1. The first-order valence-electron chi connectivity index (χ1n) is 8.48. The van der Waals surface area contributed by atoms with Crippen LogP contribution >= 0.6 is 0 Å². The number of phenolic OH excluding ortho intramolecular Hbond substituents is 1. The zero-order valence-corrected chi connectivity index (χ0v) is 15.0. The van der Waals surface area contributed by atoms with Crippen molar-refractivity contribution in [1.82, 2.24) is 4.57 Å². The number of benzene rings is 2. The lowest BCUT2D eigenvalue weighted by molar-refractivity contribution is -0.120. The molecule has 0 saturated heterocycles. The van der Waals surface area contributed by atoms with Crippen LogP contribution in [0.3, 0.4) is 0 Å². The van der Waals surface area contributed by atoms with E-state index in [1.54, 1.807) is 24.3 Å². The van der Waals surface area contributed by atoms with Crippen molar-refractivity contribution in [2.24, 2.45) is 5.73 Å². The molecule has 2 amide bonds. The predicted molar refractivity (Wildman–Crippen MR) is 103 cm³/mol. The smallest absolute Gasteiger partial charge is 0.259 e. The number of carbonyl (C=O) groups is 2. The van der Waals surface area contributed by atoms with Crippen LogP contribution in [0.2, 0.25) is 0 Å². The summed E-state index contributed by atoms with van der Waals surface area (Å²) >= 11 is 0. The number of amides is 2. The Morgan fingerprint density at radius 2 is 1.96 bits per heavy atom. The largest absolute Gasteiger partial charge is 0.505 e. The van der Waals surface area contributed by atoms with E-state index < -0.39 is 35.0 Å². The van der Waals surface area contributed by atoms with Crippen molar-refractivity contribution in [3.05, 3.63) is 70.4 Å². The number of carbonyl (C=O) groups excluding carboxylic acids is 2. The van der Waals surface area contributed by atoms with E-state index in [9.17, 15) is 23.9 Å². The first-order chi connectivity index (χ1) is 13.3. The number of aromatic nitrogens is 1. The first kappa shape index (κ1) is 19.1. The van der Waals surface area contributed by atoms with Crippen LogP contribution in [0.25, 0.3) is 10.8 Å². The van der Waals surface area contributed by atoms with Gasteiger partial charge in [-0.15, -0.1) is 0 Å². The summed E-state index contributed by atoms with van der Waals surface area (Å²) in [7, 11) is 0. The average Bonchev–Trinajstić information content (AvgIpc) is 2.65. The number of pyridine rings is 1. The van der Waals surface area contributed by atoms with E-state index in [0.717, 1.165) is 6.07 Å². The van der Waals surface area contributed by atoms with Gasteiger partial charge in [-0.2, -0.15) is 0 Å². The zero-order chi connectivity index (χ0) is 20.4. The Bertz CT molecular complexity index is 1140. The van der Waals surface area contributed by atoms with Crippen molar-refractivity contribution in [2.45, 2.75) is 19.4 Å². The Kier molecular flexibility index (Phi) is 5.12. The molecule has 7 nitrogen and oxygen atoms in total. The molecule has 0 fully saturated rings. The third-order valence-electron chi connectivity index (χ3n) is 4.45. The standard InChI is InChI=1S/C20H18FN3O4/c1-11(19(22)27)24-8-7-13-14(20(24)28)3-2-4-16(13)23-18(26)10-12-5-6-15(21)17(25)9-12/h2-9,11,25H,10H2,1H3,(H2,22,27)(H,23,26). The van der Waals surface area contributed by atoms with Gasteiger partial charge in [-0.3, -0.25) is 14.4 Å². The fraction of sp³-hybridized carbons (Fsp3) is 0.150. The molecule has 1 unspecified atom stereocenters. The van der Waals surface area contributed by atoms with Crippen molar-refractivity contribution >= 4 is 28.3 Å². The van der Waals surface area contributed by atoms with Crippen molar-refractivity contribution in [3.8, 4) is 5.75 Å². The van der Waals surface area contributed by atoms with E-state index in [1.165, 1.54) is 29.8 Å². The van der Waals surface area contributed by atoms with Crippen molar-refractivity contribution in [2.75, 3.05) is 5.32 Å². The van der Waals surface area contributed by atoms with E-state index in [-0.39, 0.29) is 6.42 Å². The Balaban J connectivity index is 1.90. The summed E-state index contributed by atoms with van der Waals surface area (Å²) in [5.74, 6) is -2.32. The lowest BCUT2D eigenvalue weighted by Gasteiger charge is -2.14. The normalized spacial score (nSPS) is 11.9. The summed E-state index contributed by atoms with van der Waals surface area (Å²) < 4.78 is 14.4. The van der Waals surface area contributed by atoms with Gasteiger partial charge in [0.05, 0.1) is 6.42 Å². The summed E-state index contributed by atoms with van der Waals surface area (Å²) in [6.45, 7) is 1.53. The molecule has 1 atom stereocenters. The lowest BCUT2D eigenvalue weighted by atomic mass is 10.1. The number of nitrogens with two attached hydrogens (primary N) is 1. The highest BCUT2D eigenvalue weighted by Crippen LogP contribution is 2.22. The lowest BCUT2D eigenvalue weighted by Crippen LogP contribution is -2.31. The van der Waals surface area contributed by atoms with Crippen LogP contribution in [0.1, 0.15) is 18.5 Å². The van der Waals surface area contributed by atoms with Crippen LogP contribution in [-0.2, 0) is 16.0 Å². The van der Waals surface area contributed by atoms with Gasteiger partial charge < -0.3 is 20.7 Å². The van der Waals surface area contributed by atoms with Gasteiger partial charge in [0.15, 0.2) is 11.6 Å². The topological polar surface area (TPSA) is 114 Å². The molecule has 0 aliphatic heterocycles. The minimum atomic E-state index is -0.804. The number of rotatable bonds is 5. The van der Waals surface area contributed by atoms with E-state index in [2.05, 4.69) is 5.32 Å². The fourth-order valence-electron chi connectivity index (χ4n) is 2.89. The van der Waals surface area contributed by atoms with Crippen molar-refractivity contribution < 1.29 is 19.1 Å². The Labute approximate surface area is 159 Å². The maximum Gasteiger partial charge on any atom is 0.259 e. The molecule has 0 aliphatic rings. The third kappa shape index (κ3) is 3.71. The average molecular weight is 383 g/mol. The highest BCUT2D eigenvalue weighted by molar-refractivity contribution is 6.02. The molecule has 3 rings (SSSR count). The molecule has 0 bridgehead atoms. The van der Waals surface area contributed by atoms with E-state index >= 15 is 0 Å². The Hall–Kier alpha value is -3.68. The van der Waals surface area contributed by atoms with Gasteiger partial charge in [0, 0.05) is 22.7 Å². The quantitative estimate of drug-likeness (QED) is 0.626. The van der Waals surface area contributed by atoms with Crippen molar-refractivity contribution in [3.63, 3.8) is 0 Å². The second kappa shape index (κ2) is 7.51. The van der Waals surface area contributed by atoms with Gasteiger partial charge in [-0.05, 0) is 42.8 Å².